The molecule has 1 aromatic carbocycles. The molecule has 1 aliphatic heterocycles. The fraction of sp³-hybridized carbons (Fsp3) is 0.444. The highest BCUT2D eigenvalue weighted by Crippen LogP contribution is 2.26. The van der Waals surface area contributed by atoms with Crippen LogP contribution in [0.15, 0.2) is 35.7 Å². The Hall–Kier alpha value is -1.76. The minimum Gasteiger partial charge on any atom is -0.469 e. The van der Waals surface area contributed by atoms with E-state index in [0.29, 0.717) is 19.4 Å². The zero-order chi connectivity index (χ0) is 16.8. The predicted octanol–water partition coefficient (Wildman–Crippen LogP) is 2.82. The third-order valence-electron chi connectivity index (χ3n) is 4.06. The molecule has 3 rings (SSSR count). The zero-order valence-corrected chi connectivity index (χ0v) is 14.6. The number of nitrogens with zero attached hydrogens (tertiary/aromatic N) is 2. The minimum atomic E-state index is -0.201. The van der Waals surface area contributed by atoms with Gasteiger partial charge < -0.3 is 9.47 Å². The van der Waals surface area contributed by atoms with Crippen LogP contribution in [0.25, 0.3) is 0 Å². The zero-order valence-electron chi connectivity index (χ0n) is 13.8. The number of carbonyl (C=O) groups is 1. The lowest BCUT2D eigenvalue weighted by Crippen LogP contribution is -2.37. The molecule has 1 atom stereocenters. The first kappa shape index (κ1) is 17.1. The highest BCUT2D eigenvalue weighted by molar-refractivity contribution is 7.09. The summed E-state index contributed by atoms with van der Waals surface area (Å²) in [5.74, 6) is -0.201. The summed E-state index contributed by atoms with van der Waals surface area (Å²) in [6.45, 7) is 3.43. The van der Waals surface area contributed by atoms with E-state index in [9.17, 15) is 4.79 Å². The van der Waals surface area contributed by atoms with Crippen LogP contribution >= 0.6 is 11.3 Å². The lowest BCUT2D eigenvalue weighted by Gasteiger charge is -2.32. The molecule has 1 aromatic heterocycles. The van der Waals surface area contributed by atoms with Gasteiger partial charge in [-0.3, -0.25) is 9.69 Å². The smallest absolute Gasteiger partial charge is 0.305 e. The van der Waals surface area contributed by atoms with Gasteiger partial charge in [-0.15, -0.1) is 11.3 Å². The normalized spacial score (nSPS) is 18.5. The molecule has 1 saturated heterocycles. The van der Waals surface area contributed by atoms with Crippen LogP contribution in [0.5, 0.6) is 0 Å². The van der Waals surface area contributed by atoms with Gasteiger partial charge in [-0.2, -0.15) is 0 Å². The Balaban J connectivity index is 1.56. The first-order chi connectivity index (χ1) is 11.7. The number of hydrogen-bond acceptors (Lipinski definition) is 6. The summed E-state index contributed by atoms with van der Waals surface area (Å²) >= 11 is 1.61. The van der Waals surface area contributed by atoms with Crippen LogP contribution in [0.2, 0.25) is 0 Å². The molecule has 5 nitrogen and oxygen atoms in total. The van der Waals surface area contributed by atoms with E-state index in [2.05, 4.69) is 38.9 Å². The number of esters is 1. The second-order valence-electron chi connectivity index (χ2n) is 5.83. The van der Waals surface area contributed by atoms with Crippen LogP contribution < -0.4 is 0 Å². The Morgan fingerprint density at radius 2 is 2.25 bits per heavy atom. The van der Waals surface area contributed by atoms with Crippen molar-refractivity contribution in [2.45, 2.75) is 25.5 Å². The van der Waals surface area contributed by atoms with E-state index in [-0.39, 0.29) is 12.1 Å². The number of carbonyl (C=O) groups excluding carboxylic acids is 1. The molecule has 0 amide bonds. The van der Waals surface area contributed by atoms with E-state index in [1.54, 1.807) is 11.3 Å². The Kier molecular flexibility index (Phi) is 5.96. The second-order valence-corrected chi connectivity index (χ2v) is 6.72. The van der Waals surface area contributed by atoms with E-state index in [4.69, 9.17) is 4.74 Å². The molecule has 1 aliphatic rings. The summed E-state index contributed by atoms with van der Waals surface area (Å²) in [5, 5.41) is 3.00. The number of benzene rings is 1. The SMILES string of the molecule is COC(=O)CCc1csc(C2CN(Cc3ccccc3)CCO2)n1. The maximum Gasteiger partial charge on any atom is 0.305 e. The van der Waals surface area contributed by atoms with E-state index in [0.717, 1.165) is 30.3 Å². The van der Waals surface area contributed by atoms with E-state index in [1.807, 2.05) is 11.4 Å². The number of methoxy groups -OCH3 is 1. The molecule has 2 heterocycles. The summed E-state index contributed by atoms with van der Waals surface area (Å²) in [7, 11) is 1.41. The quantitative estimate of drug-likeness (QED) is 0.753. The molecular weight excluding hydrogens is 324 g/mol. The summed E-state index contributed by atoms with van der Waals surface area (Å²) in [6, 6.07) is 10.5. The lowest BCUT2D eigenvalue weighted by atomic mass is 10.2. The summed E-state index contributed by atoms with van der Waals surface area (Å²) in [6.07, 6.45) is 0.994. The van der Waals surface area contributed by atoms with Gasteiger partial charge in [0.2, 0.25) is 0 Å². The van der Waals surface area contributed by atoms with Gasteiger partial charge in [0.15, 0.2) is 0 Å². The van der Waals surface area contributed by atoms with Crippen molar-refractivity contribution in [3.05, 3.63) is 52.0 Å². The van der Waals surface area contributed by atoms with Crippen LogP contribution in [0.3, 0.4) is 0 Å². The number of aryl methyl sites for hydroxylation is 1. The molecule has 1 fully saturated rings. The molecule has 0 radical (unpaired) electrons. The fourth-order valence-electron chi connectivity index (χ4n) is 2.75. The Bertz CT molecular complexity index is 659. The molecule has 0 spiro atoms. The topological polar surface area (TPSA) is 51.7 Å². The molecule has 0 N–H and O–H groups in total. The minimum absolute atomic E-state index is 0.0133. The van der Waals surface area contributed by atoms with Gasteiger partial charge in [0.25, 0.3) is 0 Å². The molecule has 1 unspecified atom stereocenters. The third kappa shape index (κ3) is 4.63. The van der Waals surface area contributed by atoms with Crippen molar-refractivity contribution in [1.82, 2.24) is 9.88 Å². The van der Waals surface area contributed by atoms with Crippen molar-refractivity contribution in [2.24, 2.45) is 0 Å². The van der Waals surface area contributed by atoms with Crippen LogP contribution in [0.4, 0.5) is 0 Å². The van der Waals surface area contributed by atoms with E-state index >= 15 is 0 Å². The average Bonchev–Trinajstić information content (AvgIpc) is 3.10. The van der Waals surface area contributed by atoms with Crippen LogP contribution in [0.1, 0.15) is 28.8 Å². The largest absolute Gasteiger partial charge is 0.469 e. The molecular formula is C18H22N2O3S. The summed E-state index contributed by atoms with van der Waals surface area (Å²) < 4.78 is 10.6. The maximum atomic E-state index is 11.2. The number of aromatic nitrogens is 1. The highest BCUT2D eigenvalue weighted by Gasteiger charge is 2.24. The van der Waals surface area contributed by atoms with Gasteiger partial charge in [0, 0.05) is 31.4 Å². The number of rotatable bonds is 6. The fourth-order valence-corrected chi connectivity index (χ4v) is 3.65. The van der Waals surface area contributed by atoms with Crippen molar-refractivity contribution < 1.29 is 14.3 Å². The summed E-state index contributed by atoms with van der Waals surface area (Å²) in [5.41, 5.74) is 2.25. The number of thiazole rings is 1. The van der Waals surface area contributed by atoms with Crippen molar-refractivity contribution in [2.75, 3.05) is 26.8 Å². The molecule has 0 aliphatic carbocycles. The summed E-state index contributed by atoms with van der Waals surface area (Å²) in [4.78, 5) is 18.3. The Morgan fingerprint density at radius 3 is 3.04 bits per heavy atom. The first-order valence-corrected chi connectivity index (χ1v) is 9.01. The van der Waals surface area contributed by atoms with Crippen molar-refractivity contribution >= 4 is 17.3 Å². The van der Waals surface area contributed by atoms with Crippen molar-refractivity contribution in [3.63, 3.8) is 0 Å². The maximum absolute atomic E-state index is 11.2. The second kappa shape index (κ2) is 8.37. The first-order valence-electron chi connectivity index (χ1n) is 8.13. The molecule has 0 saturated carbocycles. The van der Waals surface area contributed by atoms with Crippen molar-refractivity contribution in [1.29, 1.82) is 0 Å². The molecule has 24 heavy (non-hydrogen) atoms. The average molecular weight is 346 g/mol. The van der Waals surface area contributed by atoms with Crippen LogP contribution in [-0.4, -0.2) is 42.7 Å². The number of morpholine rings is 1. The predicted molar refractivity (Wildman–Crippen MR) is 92.9 cm³/mol. The monoisotopic (exact) mass is 346 g/mol. The Morgan fingerprint density at radius 1 is 1.42 bits per heavy atom. The van der Waals surface area contributed by atoms with Gasteiger partial charge in [-0.1, -0.05) is 30.3 Å². The van der Waals surface area contributed by atoms with Gasteiger partial charge in [0.05, 0.1) is 25.8 Å². The molecule has 0 bridgehead atoms. The van der Waals surface area contributed by atoms with Crippen LogP contribution in [-0.2, 0) is 27.2 Å². The van der Waals surface area contributed by atoms with Crippen molar-refractivity contribution in [3.8, 4) is 0 Å². The molecule has 6 heteroatoms. The van der Waals surface area contributed by atoms with Gasteiger partial charge in [-0.05, 0) is 5.56 Å². The van der Waals surface area contributed by atoms with Gasteiger partial charge in [0.1, 0.15) is 11.1 Å². The van der Waals surface area contributed by atoms with Gasteiger partial charge in [-0.25, -0.2) is 4.98 Å². The van der Waals surface area contributed by atoms with Gasteiger partial charge >= 0.3 is 5.97 Å². The number of ether oxygens (including phenoxy) is 2. The molecule has 128 valence electrons. The van der Waals surface area contributed by atoms with E-state index in [1.165, 1.54) is 12.7 Å². The van der Waals surface area contributed by atoms with E-state index < -0.39 is 0 Å². The third-order valence-corrected chi connectivity index (χ3v) is 5.04. The highest BCUT2D eigenvalue weighted by atomic mass is 32.1. The van der Waals surface area contributed by atoms with Crippen LogP contribution in [0, 0.1) is 0 Å². The Labute approximate surface area is 146 Å². The standard InChI is InChI=1S/C18H22N2O3S/c1-22-17(21)8-7-15-13-24-18(19-15)16-12-20(9-10-23-16)11-14-5-3-2-4-6-14/h2-6,13,16H,7-12H2,1H3. The number of hydrogen-bond donors (Lipinski definition) is 0. The molecule has 2 aromatic rings. The lowest BCUT2D eigenvalue weighted by molar-refractivity contribution is -0.140.